The van der Waals surface area contributed by atoms with Crippen LogP contribution in [0.2, 0.25) is 0 Å². The molecule has 2 heteroatoms. The van der Waals surface area contributed by atoms with Crippen molar-refractivity contribution in [3.63, 3.8) is 0 Å². The van der Waals surface area contributed by atoms with Crippen LogP contribution in [0, 0.1) is 0 Å². The molecule has 2 aromatic rings. The molecule has 0 amide bonds. The van der Waals surface area contributed by atoms with E-state index in [9.17, 15) is 5.11 Å². The van der Waals surface area contributed by atoms with Crippen molar-refractivity contribution < 1.29 is 5.11 Å². The minimum absolute atomic E-state index is 0.584. The Morgan fingerprint density at radius 2 is 1.67 bits per heavy atom. The molecule has 0 aliphatic rings. The molecule has 0 spiro atoms. The van der Waals surface area contributed by atoms with Crippen molar-refractivity contribution >= 4 is 10.8 Å². The molecule has 1 atom stereocenters. The second-order valence-corrected chi connectivity index (χ2v) is 4.54. The summed E-state index contributed by atoms with van der Waals surface area (Å²) in [6, 6.07) is 14.1. The lowest BCUT2D eigenvalue weighted by atomic mass is 10.00. The van der Waals surface area contributed by atoms with Crippen molar-refractivity contribution in [1.82, 2.24) is 4.90 Å². The Morgan fingerprint density at radius 3 is 2.39 bits per heavy atom. The first-order valence-electron chi connectivity index (χ1n) is 6.62. The zero-order valence-electron chi connectivity index (χ0n) is 11.1. The van der Waals surface area contributed by atoms with E-state index in [0.29, 0.717) is 6.54 Å². The maximum Gasteiger partial charge on any atom is 0.131 e. The fourth-order valence-electron chi connectivity index (χ4n) is 2.35. The summed E-state index contributed by atoms with van der Waals surface area (Å²) in [6.45, 7) is 6.64. The third-order valence-electron chi connectivity index (χ3n) is 3.49. The normalized spacial score (nSPS) is 13.1. The fraction of sp³-hybridized carbons (Fsp3) is 0.375. The quantitative estimate of drug-likeness (QED) is 0.784. The monoisotopic (exact) mass is 242 g/mol. The maximum absolute atomic E-state index is 12.4. The van der Waals surface area contributed by atoms with Crippen LogP contribution in [0.1, 0.15) is 25.5 Å². The summed E-state index contributed by atoms with van der Waals surface area (Å²) in [4.78, 5) is 2.18. The molecular formula is C16H20NO. The highest BCUT2D eigenvalue weighted by atomic mass is 16.3. The van der Waals surface area contributed by atoms with Crippen molar-refractivity contribution in [2.45, 2.75) is 20.0 Å². The van der Waals surface area contributed by atoms with Crippen molar-refractivity contribution in [3.05, 3.63) is 48.0 Å². The van der Waals surface area contributed by atoms with Gasteiger partial charge in [0.15, 0.2) is 0 Å². The smallest absolute Gasteiger partial charge is 0.131 e. The molecule has 2 aromatic carbocycles. The third kappa shape index (κ3) is 2.71. The van der Waals surface area contributed by atoms with Gasteiger partial charge in [0.2, 0.25) is 0 Å². The van der Waals surface area contributed by atoms with E-state index in [-0.39, 0.29) is 0 Å². The van der Waals surface area contributed by atoms with Crippen molar-refractivity contribution in [2.24, 2.45) is 0 Å². The first-order valence-corrected chi connectivity index (χ1v) is 6.62. The minimum atomic E-state index is -0.670. The van der Waals surface area contributed by atoms with Gasteiger partial charge in [0.05, 0.1) is 0 Å². The average molecular weight is 242 g/mol. The predicted octanol–water partition coefficient (Wildman–Crippen LogP) is 3.65. The summed E-state index contributed by atoms with van der Waals surface area (Å²) in [5.74, 6) is 0. The standard InChI is InChI=1S/C16H20NO/c1-3-17(4-2)12-16(18)15-11-7-9-13-8-5-6-10-14(13)15/h5-11,16H,3-4,12H2,1-2H3. The molecular weight excluding hydrogens is 222 g/mol. The molecule has 0 N–H and O–H groups in total. The van der Waals surface area contributed by atoms with Crippen LogP contribution in [-0.2, 0) is 5.11 Å². The molecule has 18 heavy (non-hydrogen) atoms. The van der Waals surface area contributed by atoms with Crippen LogP contribution in [0.3, 0.4) is 0 Å². The Morgan fingerprint density at radius 1 is 1.00 bits per heavy atom. The fourth-order valence-corrected chi connectivity index (χ4v) is 2.35. The van der Waals surface area contributed by atoms with Gasteiger partial charge in [-0.2, -0.15) is 0 Å². The summed E-state index contributed by atoms with van der Waals surface area (Å²) in [5, 5.41) is 14.7. The largest absolute Gasteiger partial charge is 0.301 e. The Hall–Kier alpha value is -1.38. The second-order valence-electron chi connectivity index (χ2n) is 4.54. The average Bonchev–Trinajstić information content (AvgIpc) is 2.43. The number of rotatable bonds is 5. The molecule has 0 heterocycles. The molecule has 0 saturated heterocycles. The van der Waals surface area contributed by atoms with E-state index in [0.717, 1.165) is 29.4 Å². The lowest BCUT2D eigenvalue weighted by Crippen LogP contribution is -2.27. The van der Waals surface area contributed by atoms with Gasteiger partial charge in [-0.05, 0) is 29.4 Å². The Labute approximate surface area is 109 Å². The number of benzene rings is 2. The summed E-state index contributed by atoms with van der Waals surface area (Å²) in [5.41, 5.74) is 0.917. The van der Waals surface area contributed by atoms with Crippen LogP contribution >= 0.6 is 0 Å². The van der Waals surface area contributed by atoms with Crippen LogP contribution in [0.25, 0.3) is 10.8 Å². The number of hydrogen-bond donors (Lipinski definition) is 0. The molecule has 2 rings (SSSR count). The van der Waals surface area contributed by atoms with Gasteiger partial charge in [-0.25, -0.2) is 5.11 Å². The molecule has 0 aliphatic carbocycles. The molecule has 0 fully saturated rings. The number of hydrogen-bond acceptors (Lipinski definition) is 1. The highest BCUT2D eigenvalue weighted by molar-refractivity contribution is 5.85. The second kappa shape index (κ2) is 5.98. The van der Waals surface area contributed by atoms with Crippen LogP contribution < -0.4 is 0 Å². The highest BCUT2D eigenvalue weighted by Gasteiger charge is 2.15. The molecule has 1 radical (unpaired) electrons. The van der Waals surface area contributed by atoms with Crippen molar-refractivity contribution in [1.29, 1.82) is 0 Å². The van der Waals surface area contributed by atoms with Gasteiger partial charge in [-0.15, -0.1) is 0 Å². The van der Waals surface area contributed by atoms with Crippen LogP contribution in [0.4, 0.5) is 0 Å². The topological polar surface area (TPSA) is 23.1 Å². The first-order chi connectivity index (χ1) is 8.76. The summed E-state index contributed by atoms with van der Waals surface area (Å²) in [6.07, 6.45) is -0.670. The number of fused-ring (bicyclic) bond motifs is 1. The predicted molar refractivity (Wildman–Crippen MR) is 75.2 cm³/mol. The Bertz CT molecular complexity index is 500. The van der Waals surface area contributed by atoms with Gasteiger partial charge >= 0.3 is 0 Å². The summed E-state index contributed by atoms with van der Waals surface area (Å²) >= 11 is 0. The van der Waals surface area contributed by atoms with Gasteiger partial charge in [0.1, 0.15) is 6.10 Å². The van der Waals surface area contributed by atoms with E-state index in [1.165, 1.54) is 0 Å². The highest BCUT2D eigenvalue weighted by Crippen LogP contribution is 2.25. The van der Waals surface area contributed by atoms with Gasteiger partial charge in [0.25, 0.3) is 0 Å². The zero-order valence-corrected chi connectivity index (χ0v) is 11.1. The molecule has 0 aliphatic heterocycles. The van der Waals surface area contributed by atoms with Gasteiger partial charge in [-0.3, -0.25) is 0 Å². The number of likely N-dealkylation sites (N-methyl/N-ethyl adjacent to an activating group) is 1. The summed E-state index contributed by atoms with van der Waals surface area (Å²) < 4.78 is 0. The molecule has 0 aromatic heterocycles. The van der Waals surface area contributed by atoms with Crippen LogP contribution in [0.15, 0.2) is 42.5 Å². The SMILES string of the molecule is CCN(CC)CC([O])c1cccc2ccccc12. The van der Waals surface area contributed by atoms with Crippen LogP contribution in [0.5, 0.6) is 0 Å². The van der Waals surface area contributed by atoms with E-state index in [1.54, 1.807) is 0 Å². The lowest BCUT2D eigenvalue weighted by molar-refractivity contribution is 0.0541. The van der Waals surface area contributed by atoms with Gasteiger partial charge in [-0.1, -0.05) is 56.3 Å². The van der Waals surface area contributed by atoms with Crippen molar-refractivity contribution in [3.8, 4) is 0 Å². The van der Waals surface area contributed by atoms with E-state index < -0.39 is 6.10 Å². The number of nitrogens with zero attached hydrogens (tertiary/aromatic N) is 1. The van der Waals surface area contributed by atoms with E-state index in [1.807, 2.05) is 30.3 Å². The van der Waals surface area contributed by atoms with E-state index in [2.05, 4.69) is 30.9 Å². The Balaban J connectivity index is 2.30. The van der Waals surface area contributed by atoms with E-state index in [4.69, 9.17) is 0 Å². The summed E-state index contributed by atoms with van der Waals surface area (Å²) in [7, 11) is 0. The van der Waals surface area contributed by atoms with E-state index >= 15 is 0 Å². The minimum Gasteiger partial charge on any atom is -0.301 e. The molecule has 0 saturated carbocycles. The van der Waals surface area contributed by atoms with Crippen LogP contribution in [-0.4, -0.2) is 24.5 Å². The third-order valence-corrected chi connectivity index (χ3v) is 3.49. The zero-order chi connectivity index (χ0) is 13.0. The van der Waals surface area contributed by atoms with Crippen molar-refractivity contribution in [2.75, 3.05) is 19.6 Å². The molecule has 2 nitrogen and oxygen atoms in total. The molecule has 95 valence electrons. The van der Waals surface area contributed by atoms with Gasteiger partial charge < -0.3 is 4.90 Å². The maximum atomic E-state index is 12.4. The first kappa shape index (κ1) is 13.1. The molecule has 0 bridgehead atoms. The van der Waals surface area contributed by atoms with Gasteiger partial charge in [0, 0.05) is 6.54 Å². The Kier molecular flexibility index (Phi) is 4.34. The lowest BCUT2D eigenvalue weighted by Gasteiger charge is -2.21. The molecule has 1 unspecified atom stereocenters.